The second-order valence-corrected chi connectivity index (χ2v) is 4.74. The molecule has 1 heteroatoms. The molecule has 0 aliphatic carbocycles. The Bertz CT molecular complexity index is 316. The summed E-state index contributed by atoms with van der Waals surface area (Å²) in [6.07, 6.45) is 5.73. The molecule has 1 aromatic carbocycles. The highest BCUT2D eigenvalue weighted by molar-refractivity contribution is 5.14. The van der Waals surface area contributed by atoms with Crippen LogP contribution in [0.3, 0.4) is 0 Å². The van der Waals surface area contributed by atoms with Crippen molar-refractivity contribution in [1.82, 2.24) is 0 Å². The van der Waals surface area contributed by atoms with Crippen molar-refractivity contribution < 1.29 is 5.11 Å². The van der Waals surface area contributed by atoms with E-state index in [9.17, 15) is 5.11 Å². The van der Waals surface area contributed by atoms with E-state index in [4.69, 9.17) is 0 Å². The molecule has 0 fully saturated rings. The number of unbranched alkanes of at least 4 members (excludes halogenated alkanes) is 1. The molecule has 17 heavy (non-hydrogen) atoms. The van der Waals surface area contributed by atoms with Crippen LogP contribution in [0.1, 0.15) is 44.6 Å². The number of hydrogen-bond donors (Lipinski definition) is 1. The number of hydrogen-bond acceptors (Lipinski definition) is 1. The molecule has 0 amide bonds. The second-order valence-electron chi connectivity index (χ2n) is 4.74. The molecule has 1 nitrogen and oxygen atoms in total. The predicted octanol–water partition coefficient (Wildman–Crippen LogP) is 4.12. The lowest BCUT2D eigenvalue weighted by Gasteiger charge is -2.12. The van der Waals surface area contributed by atoms with E-state index in [1.165, 1.54) is 24.0 Å². The van der Waals surface area contributed by atoms with Crippen LogP contribution >= 0.6 is 0 Å². The number of aryl methyl sites for hydroxylation is 1. The van der Waals surface area contributed by atoms with Crippen molar-refractivity contribution in [2.45, 2.75) is 51.6 Å². The molecule has 0 aromatic heterocycles. The quantitative estimate of drug-likeness (QED) is 0.669. The van der Waals surface area contributed by atoms with E-state index in [-0.39, 0.29) is 6.10 Å². The zero-order valence-corrected chi connectivity index (χ0v) is 10.9. The molecule has 1 rings (SSSR count). The monoisotopic (exact) mass is 232 g/mol. The van der Waals surface area contributed by atoms with E-state index >= 15 is 0 Å². The SMILES string of the molecule is C=C(CCCC)CC(O)CCc1ccccc1. The van der Waals surface area contributed by atoms with E-state index in [1.807, 2.05) is 18.2 Å². The minimum absolute atomic E-state index is 0.237. The normalized spacial score (nSPS) is 12.4. The molecule has 0 bridgehead atoms. The third-order valence-electron chi connectivity index (χ3n) is 3.02. The van der Waals surface area contributed by atoms with Crippen molar-refractivity contribution in [3.05, 3.63) is 48.0 Å². The van der Waals surface area contributed by atoms with Gasteiger partial charge in [-0.2, -0.15) is 0 Å². The Morgan fingerprint density at radius 3 is 2.65 bits per heavy atom. The van der Waals surface area contributed by atoms with Gasteiger partial charge < -0.3 is 5.11 Å². The molecule has 0 aliphatic rings. The maximum atomic E-state index is 9.92. The topological polar surface area (TPSA) is 20.2 Å². The fourth-order valence-corrected chi connectivity index (χ4v) is 1.94. The fourth-order valence-electron chi connectivity index (χ4n) is 1.94. The molecule has 1 atom stereocenters. The first kappa shape index (κ1) is 14.0. The van der Waals surface area contributed by atoms with Gasteiger partial charge in [0.05, 0.1) is 6.10 Å². The van der Waals surface area contributed by atoms with Gasteiger partial charge in [0, 0.05) is 0 Å². The first-order chi connectivity index (χ1) is 8.22. The minimum Gasteiger partial charge on any atom is -0.393 e. The highest BCUT2D eigenvalue weighted by Crippen LogP contribution is 2.15. The molecule has 0 saturated heterocycles. The van der Waals surface area contributed by atoms with Gasteiger partial charge in [-0.3, -0.25) is 0 Å². The largest absolute Gasteiger partial charge is 0.393 e. The van der Waals surface area contributed by atoms with E-state index in [0.29, 0.717) is 0 Å². The van der Waals surface area contributed by atoms with Crippen LogP contribution in [0.5, 0.6) is 0 Å². The summed E-state index contributed by atoms with van der Waals surface area (Å²) in [6, 6.07) is 10.3. The van der Waals surface area contributed by atoms with Crippen LogP contribution in [-0.4, -0.2) is 11.2 Å². The van der Waals surface area contributed by atoms with Gasteiger partial charge in [-0.15, -0.1) is 0 Å². The zero-order valence-electron chi connectivity index (χ0n) is 10.9. The first-order valence-corrected chi connectivity index (χ1v) is 6.61. The van der Waals surface area contributed by atoms with Crippen LogP contribution in [0.2, 0.25) is 0 Å². The summed E-state index contributed by atoms with van der Waals surface area (Å²) in [5.74, 6) is 0. The van der Waals surface area contributed by atoms with Gasteiger partial charge in [-0.05, 0) is 37.7 Å². The Balaban J connectivity index is 2.21. The molecule has 0 aliphatic heterocycles. The maximum Gasteiger partial charge on any atom is 0.0580 e. The predicted molar refractivity (Wildman–Crippen MR) is 74.1 cm³/mol. The van der Waals surface area contributed by atoms with Gasteiger partial charge in [-0.1, -0.05) is 55.8 Å². The van der Waals surface area contributed by atoms with Crippen LogP contribution in [0.25, 0.3) is 0 Å². The van der Waals surface area contributed by atoms with Gasteiger partial charge in [-0.25, -0.2) is 0 Å². The molecular weight excluding hydrogens is 208 g/mol. The summed E-state index contributed by atoms with van der Waals surface area (Å²) in [5.41, 5.74) is 2.48. The Morgan fingerprint density at radius 2 is 2.00 bits per heavy atom. The number of aliphatic hydroxyl groups is 1. The highest BCUT2D eigenvalue weighted by atomic mass is 16.3. The fraction of sp³-hybridized carbons (Fsp3) is 0.500. The van der Waals surface area contributed by atoms with Crippen LogP contribution < -0.4 is 0 Å². The van der Waals surface area contributed by atoms with E-state index in [1.54, 1.807) is 0 Å². The third kappa shape index (κ3) is 6.28. The van der Waals surface area contributed by atoms with Crippen LogP contribution in [-0.2, 0) is 6.42 Å². The third-order valence-corrected chi connectivity index (χ3v) is 3.02. The van der Waals surface area contributed by atoms with Crippen molar-refractivity contribution in [2.75, 3.05) is 0 Å². The average Bonchev–Trinajstić information content (AvgIpc) is 2.35. The lowest BCUT2D eigenvalue weighted by atomic mass is 9.99. The number of rotatable bonds is 8. The molecule has 1 N–H and O–H groups in total. The number of benzene rings is 1. The lowest BCUT2D eigenvalue weighted by molar-refractivity contribution is 0.164. The Kier molecular flexibility index (Phi) is 6.64. The Hall–Kier alpha value is -1.08. The van der Waals surface area contributed by atoms with Gasteiger partial charge in [0.1, 0.15) is 0 Å². The Labute approximate surface area is 105 Å². The van der Waals surface area contributed by atoms with Crippen molar-refractivity contribution in [1.29, 1.82) is 0 Å². The summed E-state index contributed by atoms with van der Waals surface area (Å²) in [4.78, 5) is 0. The van der Waals surface area contributed by atoms with Crippen LogP contribution in [0.15, 0.2) is 42.5 Å². The summed E-state index contributed by atoms with van der Waals surface area (Å²) in [6.45, 7) is 6.21. The van der Waals surface area contributed by atoms with Crippen molar-refractivity contribution >= 4 is 0 Å². The van der Waals surface area contributed by atoms with Gasteiger partial charge >= 0.3 is 0 Å². The van der Waals surface area contributed by atoms with E-state index in [0.717, 1.165) is 25.7 Å². The lowest BCUT2D eigenvalue weighted by Crippen LogP contribution is -2.09. The number of aliphatic hydroxyl groups excluding tert-OH is 1. The van der Waals surface area contributed by atoms with Crippen LogP contribution in [0.4, 0.5) is 0 Å². The van der Waals surface area contributed by atoms with Gasteiger partial charge in [0.2, 0.25) is 0 Å². The maximum absolute atomic E-state index is 9.92. The van der Waals surface area contributed by atoms with E-state index in [2.05, 4.69) is 25.6 Å². The summed E-state index contributed by atoms with van der Waals surface area (Å²) in [5, 5.41) is 9.92. The average molecular weight is 232 g/mol. The second kappa shape index (κ2) is 8.08. The summed E-state index contributed by atoms with van der Waals surface area (Å²) >= 11 is 0. The van der Waals surface area contributed by atoms with E-state index < -0.39 is 0 Å². The summed E-state index contributed by atoms with van der Waals surface area (Å²) < 4.78 is 0. The molecule has 0 spiro atoms. The van der Waals surface area contributed by atoms with Crippen molar-refractivity contribution in [2.24, 2.45) is 0 Å². The smallest absolute Gasteiger partial charge is 0.0580 e. The molecule has 94 valence electrons. The van der Waals surface area contributed by atoms with Crippen molar-refractivity contribution in [3.63, 3.8) is 0 Å². The molecule has 1 unspecified atom stereocenters. The zero-order chi connectivity index (χ0) is 12.5. The molecule has 0 saturated carbocycles. The van der Waals surface area contributed by atoms with Gasteiger partial charge in [0.25, 0.3) is 0 Å². The molecular formula is C16H24O. The van der Waals surface area contributed by atoms with Crippen molar-refractivity contribution in [3.8, 4) is 0 Å². The summed E-state index contributed by atoms with van der Waals surface area (Å²) in [7, 11) is 0. The van der Waals surface area contributed by atoms with Crippen LogP contribution in [0, 0.1) is 0 Å². The first-order valence-electron chi connectivity index (χ1n) is 6.61. The molecule has 0 radical (unpaired) electrons. The Morgan fingerprint density at radius 1 is 1.29 bits per heavy atom. The van der Waals surface area contributed by atoms with Gasteiger partial charge in [0.15, 0.2) is 0 Å². The standard InChI is InChI=1S/C16H24O/c1-3-4-8-14(2)13-16(17)12-11-15-9-6-5-7-10-15/h5-7,9-10,16-17H,2-4,8,11-13H2,1H3. The molecule has 1 aromatic rings. The highest BCUT2D eigenvalue weighted by Gasteiger charge is 2.06. The molecule has 0 heterocycles. The minimum atomic E-state index is -0.237.